The number of hydrogen-bond acceptors (Lipinski definition) is 5. The van der Waals surface area contributed by atoms with E-state index in [0.717, 1.165) is 27.6 Å². The maximum Gasteiger partial charge on any atom is 0.203 e. The van der Waals surface area contributed by atoms with Gasteiger partial charge in [-0.2, -0.15) is 0 Å². The molecule has 1 aliphatic carbocycles. The van der Waals surface area contributed by atoms with Crippen molar-refractivity contribution in [2.45, 2.75) is 6.92 Å². The van der Waals surface area contributed by atoms with Crippen molar-refractivity contribution >= 4 is 28.4 Å². The highest BCUT2D eigenvalue weighted by Crippen LogP contribution is 2.42. The summed E-state index contributed by atoms with van der Waals surface area (Å²) in [5.41, 5.74) is 3.88. The summed E-state index contributed by atoms with van der Waals surface area (Å²) in [6, 6.07) is 16.4. The van der Waals surface area contributed by atoms with Gasteiger partial charge in [0.25, 0.3) is 0 Å². The zero-order valence-corrected chi connectivity index (χ0v) is 18.7. The van der Waals surface area contributed by atoms with Crippen molar-refractivity contribution in [3.8, 4) is 22.5 Å². The summed E-state index contributed by atoms with van der Waals surface area (Å²) in [5.74, 6) is -0.905. The van der Waals surface area contributed by atoms with E-state index in [0.29, 0.717) is 22.5 Å². The van der Waals surface area contributed by atoms with E-state index in [1.54, 1.807) is 12.1 Å². The number of benzene rings is 3. The van der Waals surface area contributed by atoms with Crippen molar-refractivity contribution in [2.24, 2.45) is 0 Å². The fourth-order valence-electron chi connectivity index (χ4n) is 3.86. The number of anilines is 1. The van der Waals surface area contributed by atoms with Crippen LogP contribution in [0.3, 0.4) is 0 Å². The number of aromatic carboxylic acids is 1. The SMILES string of the molecule is CC(=O)c1ccc(-c2c3ccc(=[N+](C)C)cc-3oc3cc(N(C)C)ccc23)c(C(=O)[O-])c1. The van der Waals surface area contributed by atoms with Crippen molar-refractivity contribution in [3.05, 3.63) is 71.1 Å². The van der Waals surface area contributed by atoms with Gasteiger partial charge in [0.2, 0.25) is 5.36 Å². The molecule has 32 heavy (non-hydrogen) atoms. The second-order valence-electron chi connectivity index (χ2n) is 8.23. The zero-order chi connectivity index (χ0) is 23.2. The maximum absolute atomic E-state index is 12.1. The lowest BCUT2D eigenvalue weighted by Crippen LogP contribution is -2.24. The van der Waals surface area contributed by atoms with Crippen LogP contribution in [0.15, 0.2) is 59.0 Å². The minimum atomic E-state index is -1.33. The number of ketones is 1. The lowest BCUT2D eigenvalue weighted by Gasteiger charge is -2.20. The van der Waals surface area contributed by atoms with Gasteiger partial charge in [-0.15, -0.1) is 0 Å². The minimum Gasteiger partial charge on any atom is -0.545 e. The lowest BCUT2D eigenvalue weighted by molar-refractivity contribution is -0.254. The van der Waals surface area contributed by atoms with Gasteiger partial charge in [0.05, 0.1) is 12.0 Å². The van der Waals surface area contributed by atoms with Gasteiger partial charge in [0, 0.05) is 59.6 Å². The number of carboxylic acid groups (broad SMARTS) is 1. The number of Topliss-reactive ketones (excluding diaryl/α,β-unsaturated/α-hetero) is 1. The summed E-state index contributed by atoms with van der Waals surface area (Å²) in [6.07, 6.45) is 0. The Hall–Kier alpha value is -3.93. The summed E-state index contributed by atoms with van der Waals surface area (Å²) in [6.45, 7) is 1.41. The molecule has 4 rings (SSSR count). The van der Waals surface area contributed by atoms with E-state index in [1.165, 1.54) is 13.0 Å². The van der Waals surface area contributed by atoms with Crippen LogP contribution in [0.4, 0.5) is 5.69 Å². The van der Waals surface area contributed by atoms with Crippen LogP contribution in [0.2, 0.25) is 0 Å². The molecule has 162 valence electrons. The van der Waals surface area contributed by atoms with Crippen molar-refractivity contribution in [1.29, 1.82) is 0 Å². The first-order valence-electron chi connectivity index (χ1n) is 10.2. The molecule has 6 heteroatoms. The average Bonchev–Trinajstić information content (AvgIpc) is 2.75. The number of carbonyl (C=O) groups is 2. The smallest absolute Gasteiger partial charge is 0.203 e. The van der Waals surface area contributed by atoms with Gasteiger partial charge in [-0.1, -0.05) is 12.1 Å². The first-order chi connectivity index (χ1) is 15.2. The molecule has 0 radical (unpaired) electrons. The van der Waals surface area contributed by atoms with Crippen molar-refractivity contribution < 1.29 is 19.1 Å². The van der Waals surface area contributed by atoms with Crippen LogP contribution in [0, 0.1) is 0 Å². The molecule has 1 aliphatic heterocycles. The molecule has 0 fully saturated rings. The molecule has 0 saturated heterocycles. The van der Waals surface area contributed by atoms with Crippen LogP contribution in [0.1, 0.15) is 27.6 Å². The molecule has 0 atom stereocenters. The molecule has 2 aromatic rings. The quantitative estimate of drug-likeness (QED) is 0.284. The highest BCUT2D eigenvalue weighted by Gasteiger charge is 2.21. The Balaban J connectivity index is 2.17. The minimum absolute atomic E-state index is 0.0279. The van der Waals surface area contributed by atoms with Crippen LogP contribution in [-0.2, 0) is 0 Å². The van der Waals surface area contributed by atoms with Crippen LogP contribution >= 0.6 is 0 Å². The second kappa shape index (κ2) is 7.96. The predicted molar refractivity (Wildman–Crippen MR) is 124 cm³/mol. The van der Waals surface area contributed by atoms with E-state index in [9.17, 15) is 14.7 Å². The molecule has 2 aliphatic rings. The summed E-state index contributed by atoms with van der Waals surface area (Å²) < 4.78 is 8.26. The number of fused-ring (bicyclic) bond motifs is 2. The monoisotopic (exact) mass is 428 g/mol. The van der Waals surface area contributed by atoms with Gasteiger partial charge >= 0.3 is 0 Å². The first kappa shape index (κ1) is 21.3. The molecule has 1 heterocycles. The third-order valence-electron chi connectivity index (χ3n) is 5.64. The Kier molecular flexibility index (Phi) is 5.30. The number of carbonyl (C=O) groups excluding carboxylic acids is 2. The van der Waals surface area contributed by atoms with Gasteiger partial charge in [0.1, 0.15) is 25.4 Å². The van der Waals surface area contributed by atoms with Crippen molar-refractivity contribution in [1.82, 2.24) is 4.58 Å². The Bertz CT molecular complexity index is 1430. The highest BCUT2D eigenvalue weighted by molar-refractivity contribution is 6.08. The highest BCUT2D eigenvalue weighted by atomic mass is 16.4. The van der Waals surface area contributed by atoms with Crippen LogP contribution in [-0.4, -0.2) is 39.9 Å². The van der Waals surface area contributed by atoms with E-state index < -0.39 is 5.97 Å². The maximum atomic E-state index is 12.1. The largest absolute Gasteiger partial charge is 0.545 e. The number of nitrogens with zero attached hydrogens (tertiary/aromatic N) is 2. The Labute approximate surface area is 186 Å². The number of carboxylic acids is 1. The van der Waals surface area contributed by atoms with E-state index in [4.69, 9.17) is 4.42 Å². The third kappa shape index (κ3) is 3.64. The molecular formula is C26H24N2O4. The van der Waals surface area contributed by atoms with Gasteiger partial charge in [-0.05, 0) is 36.8 Å². The molecule has 0 aromatic heterocycles. The number of rotatable bonds is 4. The van der Waals surface area contributed by atoms with E-state index >= 15 is 0 Å². The molecule has 0 unspecified atom stereocenters. The Morgan fingerprint density at radius 2 is 1.66 bits per heavy atom. The van der Waals surface area contributed by atoms with Crippen molar-refractivity contribution in [2.75, 3.05) is 33.1 Å². The molecule has 0 saturated carbocycles. The molecule has 0 spiro atoms. The normalized spacial score (nSPS) is 11.0. The molecule has 2 aromatic carbocycles. The van der Waals surface area contributed by atoms with Crippen LogP contribution in [0.5, 0.6) is 0 Å². The summed E-state index contributed by atoms with van der Waals surface area (Å²) in [4.78, 5) is 25.9. The van der Waals surface area contributed by atoms with Gasteiger partial charge < -0.3 is 19.2 Å². The van der Waals surface area contributed by atoms with Crippen LogP contribution in [0.25, 0.3) is 33.4 Å². The topological polar surface area (TPSA) is 76.6 Å². The van der Waals surface area contributed by atoms with Crippen LogP contribution < -0.4 is 19.9 Å². The molecule has 0 bridgehead atoms. The molecule has 6 nitrogen and oxygen atoms in total. The van der Waals surface area contributed by atoms with E-state index in [-0.39, 0.29) is 11.3 Å². The Morgan fingerprint density at radius 1 is 0.938 bits per heavy atom. The summed E-state index contributed by atoms with van der Waals surface area (Å²) in [5, 5.41) is 13.8. The fraction of sp³-hybridized carbons (Fsp3) is 0.192. The molecule has 0 amide bonds. The lowest BCUT2D eigenvalue weighted by atomic mass is 9.89. The van der Waals surface area contributed by atoms with Crippen molar-refractivity contribution in [3.63, 3.8) is 0 Å². The van der Waals surface area contributed by atoms with Gasteiger partial charge in [-0.3, -0.25) is 4.79 Å². The average molecular weight is 428 g/mol. The predicted octanol–water partition coefficient (Wildman–Crippen LogP) is 2.87. The summed E-state index contributed by atoms with van der Waals surface area (Å²) >= 11 is 0. The first-order valence-corrected chi connectivity index (χ1v) is 10.2. The van der Waals surface area contributed by atoms with E-state index in [1.807, 2.05) is 74.1 Å². The summed E-state index contributed by atoms with van der Waals surface area (Å²) in [7, 11) is 7.79. The number of hydrogen-bond donors (Lipinski definition) is 0. The van der Waals surface area contributed by atoms with Gasteiger partial charge in [0.15, 0.2) is 5.78 Å². The Morgan fingerprint density at radius 3 is 2.28 bits per heavy atom. The molecule has 0 N–H and O–H groups in total. The molecular weight excluding hydrogens is 404 g/mol. The van der Waals surface area contributed by atoms with E-state index in [2.05, 4.69) is 0 Å². The zero-order valence-electron chi connectivity index (χ0n) is 18.7. The fourth-order valence-corrected chi connectivity index (χ4v) is 3.86. The second-order valence-corrected chi connectivity index (χ2v) is 8.23. The van der Waals surface area contributed by atoms with Gasteiger partial charge in [-0.25, -0.2) is 4.58 Å². The standard InChI is InChI=1S/C26H24N2O4/c1-15(29)16-6-9-19(22(12-16)26(30)31)25-20-10-7-17(27(2)3)13-23(20)32-24-14-18(28(4)5)8-11-21(24)25/h6-14H,1-5H3. The third-order valence-corrected chi connectivity index (χ3v) is 5.64.